The number of nitrogen functional groups attached to an aromatic ring is 1. The molecule has 0 spiro atoms. The molecule has 0 atom stereocenters. The van der Waals surface area contributed by atoms with Gasteiger partial charge in [-0.15, -0.1) is 0 Å². The predicted octanol–water partition coefficient (Wildman–Crippen LogP) is 3.68. The largest absolute Gasteiger partial charge is 0.491 e. The summed E-state index contributed by atoms with van der Waals surface area (Å²) in [6, 6.07) is 6.06. The van der Waals surface area contributed by atoms with Gasteiger partial charge >= 0.3 is 0 Å². The Kier molecular flexibility index (Phi) is 3.93. The summed E-state index contributed by atoms with van der Waals surface area (Å²) in [5.41, 5.74) is 8.34. The third-order valence-electron chi connectivity index (χ3n) is 3.55. The average molecular weight is 262 g/mol. The molecular weight excluding hydrogens is 236 g/mol. The van der Waals surface area contributed by atoms with E-state index in [2.05, 4.69) is 30.9 Å². The fourth-order valence-electron chi connectivity index (χ4n) is 2.77. The second-order valence-corrected chi connectivity index (χ2v) is 6.62. The standard InChI is InChI=1S/C16H26N2O/c1-12(2)19-15-9-13(17)8-14(10-15)18-7-5-6-16(3,4)11-18/h8-10,12H,5-7,11,17H2,1-4H3. The smallest absolute Gasteiger partial charge is 0.123 e. The summed E-state index contributed by atoms with van der Waals surface area (Å²) < 4.78 is 5.77. The molecule has 1 aromatic rings. The Labute approximate surface area is 116 Å². The van der Waals surface area contributed by atoms with Crippen LogP contribution in [0.3, 0.4) is 0 Å². The summed E-state index contributed by atoms with van der Waals surface area (Å²) in [5, 5.41) is 0. The van der Waals surface area contributed by atoms with E-state index in [1.54, 1.807) is 0 Å². The van der Waals surface area contributed by atoms with Gasteiger partial charge in [-0.2, -0.15) is 0 Å². The molecule has 1 aliphatic heterocycles. The van der Waals surface area contributed by atoms with Crippen molar-refractivity contribution in [2.45, 2.75) is 46.6 Å². The van der Waals surface area contributed by atoms with Gasteiger partial charge in [-0.1, -0.05) is 13.8 Å². The van der Waals surface area contributed by atoms with Crippen molar-refractivity contribution < 1.29 is 4.74 Å². The molecule has 0 aliphatic carbocycles. The van der Waals surface area contributed by atoms with Crippen LogP contribution in [0, 0.1) is 5.41 Å². The molecule has 1 heterocycles. The van der Waals surface area contributed by atoms with Crippen LogP contribution >= 0.6 is 0 Å². The van der Waals surface area contributed by atoms with Crippen LogP contribution in [0.25, 0.3) is 0 Å². The molecule has 0 radical (unpaired) electrons. The van der Waals surface area contributed by atoms with E-state index in [4.69, 9.17) is 10.5 Å². The highest BCUT2D eigenvalue weighted by Gasteiger charge is 2.26. The topological polar surface area (TPSA) is 38.5 Å². The number of nitrogens with zero attached hydrogens (tertiary/aromatic N) is 1. The molecule has 2 N–H and O–H groups in total. The van der Waals surface area contributed by atoms with Crippen molar-refractivity contribution in [1.29, 1.82) is 0 Å². The third kappa shape index (κ3) is 3.79. The van der Waals surface area contributed by atoms with Gasteiger partial charge in [0.2, 0.25) is 0 Å². The Hall–Kier alpha value is -1.38. The Morgan fingerprint density at radius 1 is 1.26 bits per heavy atom. The number of rotatable bonds is 3. The molecule has 1 fully saturated rings. The van der Waals surface area contributed by atoms with Crippen LogP contribution in [0.2, 0.25) is 0 Å². The highest BCUT2D eigenvalue weighted by Crippen LogP contribution is 2.34. The van der Waals surface area contributed by atoms with E-state index in [1.807, 2.05) is 19.9 Å². The summed E-state index contributed by atoms with van der Waals surface area (Å²) in [5.74, 6) is 0.869. The number of ether oxygens (including phenoxy) is 1. The van der Waals surface area contributed by atoms with Crippen LogP contribution in [-0.4, -0.2) is 19.2 Å². The zero-order chi connectivity index (χ0) is 14.0. The van der Waals surface area contributed by atoms with Gasteiger partial charge in [0, 0.05) is 36.6 Å². The van der Waals surface area contributed by atoms with Crippen molar-refractivity contribution in [3.05, 3.63) is 18.2 Å². The number of anilines is 2. The lowest BCUT2D eigenvalue weighted by atomic mass is 9.84. The maximum atomic E-state index is 6.00. The van der Waals surface area contributed by atoms with Crippen LogP contribution in [-0.2, 0) is 0 Å². The van der Waals surface area contributed by atoms with Crippen LogP contribution in [0.1, 0.15) is 40.5 Å². The first kappa shape index (κ1) is 14.0. The summed E-state index contributed by atoms with van der Waals surface area (Å²) in [6.45, 7) is 10.9. The van der Waals surface area contributed by atoms with E-state index >= 15 is 0 Å². The Morgan fingerprint density at radius 2 is 2.00 bits per heavy atom. The molecule has 0 saturated carbocycles. The Morgan fingerprint density at radius 3 is 2.63 bits per heavy atom. The molecule has 19 heavy (non-hydrogen) atoms. The minimum atomic E-state index is 0.174. The molecule has 3 nitrogen and oxygen atoms in total. The molecule has 0 unspecified atom stereocenters. The normalized spacial score (nSPS) is 18.7. The van der Waals surface area contributed by atoms with Gasteiger partial charge < -0.3 is 15.4 Å². The lowest BCUT2D eigenvalue weighted by Gasteiger charge is -2.39. The van der Waals surface area contributed by atoms with Gasteiger partial charge in [-0.3, -0.25) is 0 Å². The fraction of sp³-hybridized carbons (Fsp3) is 0.625. The number of hydrogen-bond donors (Lipinski definition) is 1. The first-order chi connectivity index (χ1) is 8.85. The van der Waals surface area contributed by atoms with Gasteiger partial charge in [-0.25, -0.2) is 0 Å². The van der Waals surface area contributed by atoms with Crippen molar-refractivity contribution in [3.8, 4) is 5.75 Å². The van der Waals surface area contributed by atoms with Gasteiger partial charge in [-0.05, 0) is 38.2 Å². The van der Waals surface area contributed by atoms with Crippen LogP contribution < -0.4 is 15.4 Å². The Bertz CT molecular complexity index is 440. The third-order valence-corrected chi connectivity index (χ3v) is 3.55. The van der Waals surface area contributed by atoms with E-state index < -0.39 is 0 Å². The molecule has 0 amide bonds. The molecule has 1 aromatic carbocycles. The highest BCUT2D eigenvalue weighted by atomic mass is 16.5. The van der Waals surface area contributed by atoms with E-state index in [-0.39, 0.29) is 6.10 Å². The number of benzene rings is 1. The van der Waals surface area contributed by atoms with E-state index in [9.17, 15) is 0 Å². The predicted molar refractivity (Wildman–Crippen MR) is 81.8 cm³/mol. The van der Waals surface area contributed by atoms with Gasteiger partial charge in [0.15, 0.2) is 0 Å². The van der Waals surface area contributed by atoms with E-state index in [0.29, 0.717) is 5.41 Å². The van der Waals surface area contributed by atoms with Crippen molar-refractivity contribution in [2.24, 2.45) is 5.41 Å². The maximum Gasteiger partial charge on any atom is 0.123 e. The quantitative estimate of drug-likeness (QED) is 0.844. The molecule has 3 heteroatoms. The van der Waals surface area contributed by atoms with Crippen LogP contribution in [0.15, 0.2) is 18.2 Å². The van der Waals surface area contributed by atoms with Crippen LogP contribution in [0.4, 0.5) is 11.4 Å². The number of hydrogen-bond acceptors (Lipinski definition) is 3. The van der Waals surface area contributed by atoms with Crippen molar-refractivity contribution in [1.82, 2.24) is 0 Å². The number of piperidine rings is 1. The maximum absolute atomic E-state index is 6.00. The van der Waals surface area contributed by atoms with E-state index in [1.165, 1.54) is 18.5 Å². The lowest BCUT2D eigenvalue weighted by Crippen LogP contribution is -2.40. The second-order valence-electron chi connectivity index (χ2n) is 6.62. The Balaban J connectivity index is 2.21. The molecule has 1 saturated heterocycles. The summed E-state index contributed by atoms with van der Waals surface area (Å²) in [6.07, 6.45) is 2.70. The van der Waals surface area contributed by atoms with Crippen LogP contribution in [0.5, 0.6) is 5.75 Å². The minimum absolute atomic E-state index is 0.174. The highest BCUT2D eigenvalue weighted by molar-refractivity contribution is 5.61. The fourth-order valence-corrected chi connectivity index (χ4v) is 2.77. The zero-order valence-electron chi connectivity index (χ0n) is 12.6. The van der Waals surface area contributed by atoms with Crippen molar-refractivity contribution in [2.75, 3.05) is 23.7 Å². The van der Waals surface area contributed by atoms with Crippen molar-refractivity contribution in [3.63, 3.8) is 0 Å². The van der Waals surface area contributed by atoms with Crippen molar-refractivity contribution >= 4 is 11.4 Å². The van der Waals surface area contributed by atoms with Gasteiger partial charge in [0.1, 0.15) is 5.75 Å². The first-order valence-corrected chi connectivity index (χ1v) is 7.18. The monoisotopic (exact) mass is 262 g/mol. The molecule has 2 rings (SSSR count). The van der Waals surface area contributed by atoms with Gasteiger partial charge in [0.05, 0.1) is 6.10 Å². The SMILES string of the molecule is CC(C)Oc1cc(N)cc(N2CCCC(C)(C)C2)c1. The van der Waals surface area contributed by atoms with Gasteiger partial charge in [0.25, 0.3) is 0 Å². The average Bonchev–Trinajstić information content (AvgIpc) is 2.25. The molecule has 0 bridgehead atoms. The minimum Gasteiger partial charge on any atom is -0.491 e. The first-order valence-electron chi connectivity index (χ1n) is 7.18. The molecule has 0 aromatic heterocycles. The molecule has 1 aliphatic rings. The molecular formula is C16H26N2O. The lowest BCUT2D eigenvalue weighted by molar-refractivity contribution is 0.242. The second kappa shape index (κ2) is 5.32. The summed E-state index contributed by atoms with van der Waals surface area (Å²) >= 11 is 0. The zero-order valence-corrected chi connectivity index (χ0v) is 12.6. The number of nitrogens with two attached hydrogens (primary N) is 1. The summed E-state index contributed by atoms with van der Waals surface area (Å²) in [7, 11) is 0. The summed E-state index contributed by atoms with van der Waals surface area (Å²) in [4.78, 5) is 2.42. The molecule has 106 valence electrons. The van der Waals surface area contributed by atoms with E-state index in [0.717, 1.165) is 24.5 Å².